The molecular weight excluding hydrogens is 752 g/mol. The predicted molar refractivity (Wildman–Crippen MR) is 210 cm³/mol. The number of carbonyl (C=O) groups is 6. The lowest BCUT2D eigenvalue weighted by Gasteiger charge is -2.18. The number of hydrogen-bond donors (Lipinski definition) is 3. The monoisotopic (exact) mass is 800 g/mol. The number of hydrogen-bond acceptors (Lipinski definition) is 14. The molecule has 3 aromatic rings. The van der Waals surface area contributed by atoms with E-state index < -0.39 is 60.5 Å². The third-order valence-corrected chi connectivity index (χ3v) is 8.48. The molecule has 0 saturated heterocycles. The number of amidine groups is 1. The second-order valence-corrected chi connectivity index (χ2v) is 14.0. The van der Waals surface area contributed by atoms with Crippen molar-refractivity contribution in [1.82, 2.24) is 15.6 Å². The third-order valence-electron chi connectivity index (χ3n) is 8.48. The predicted octanol–water partition coefficient (Wildman–Crippen LogP) is 6.63. The molecule has 2 atom stereocenters. The highest BCUT2D eigenvalue weighted by Crippen LogP contribution is 2.35. The number of ether oxygens (including phenoxy) is 6. The zero-order valence-corrected chi connectivity index (χ0v) is 33.5. The molecule has 2 aromatic carbocycles. The van der Waals surface area contributed by atoms with E-state index in [0.29, 0.717) is 34.9 Å². The van der Waals surface area contributed by atoms with Crippen LogP contribution < -0.4 is 15.4 Å². The molecule has 1 aromatic heterocycles. The summed E-state index contributed by atoms with van der Waals surface area (Å²) < 4.78 is 31.1. The average molecular weight is 801 g/mol. The largest absolute Gasteiger partial charge is 0.511 e. The summed E-state index contributed by atoms with van der Waals surface area (Å²) in [6.07, 6.45) is -1.78. The number of carbonyl (C=O) groups excluding carboxylic acids is 6. The first-order valence-corrected chi connectivity index (χ1v) is 18.6. The van der Waals surface area contributed by atoms with Crippen LogP contribution in [0.3, 0.4) is 0 Å². The van der Waals surface area contributed by atoms with E-state index in [0.717, 1.165) is 12.8 Å². The summed E-state index contributed by atoms with van der Waals surface area (Å²) in [4.78, 5) is 81.6. The molecule has 1 aliphatic rings. The summed E-state index contributed by atoms with van der Waals surface area (Å²) in [6, 6.07) is 12.3. The van der Waals surface area contributed by atoms with E-state index in [-0.39, 0.29) is 40.3 Å². The number of pyridine rings is 1. The van der Waals surface area contributed by atoms with Crippen molar-refractivity contribution >= 4 is 47.8 Å². The van der Waals surface area contributed by atoms with Crippen LogP contribution in [0.4, 0.5) is 9.59 Å². The Morgan fingerprint density at radius 3 is 2.14 bits per heavy atom. The Hall–Kier alpha value is -6.58. The molecule has 0 radical (unpaired) electrons. The van der Waals surface area contributed by atoms with Gasteiger partial charge in [-0.2, -0.15) is 0 Å². The quantitative estimate of drug-likeness (QED) is 0.0327. The maximum Gasteiger partial charge on any atom is 0.511 e. The summed E-state index contributed by atoms with van der Waals surface area (Å²) in [6.45, 7) is 13.5. The van der Waals surface area contributed by atoms with Gasteiger partial charge in [0.2, 0.25) is 12.6 Å². The number of nitrogens with zero attached hydrogens (tertiary/aromatic N) is 1. The van der Waals surface area contributed by atoms with Gasteiger partial charge in [-0.05, 0) is 68.0 Å². The fourth-order valence-corrected chi connectivity index (χ4v) is 5.33. The average Bonchev–Trinajstić information content (AvgIpc) is 4.00. The maximum absolute atomic E-state index is 14.2. The van der Waals surface area contributed by atoms with Crippen LogP contribution in [0, 0.1) is 17.2 Å². The zero-order valence-electron chi connectivity index (χ0n) is 33.5. The minimum absolute atomic E-state index is 0.0795. The molecule has 16 heteroatoms. The van der Waals surface area contributed by atoms with E-state index in [1.54, 1.807) is 52.0 Å². The lowest BCUT2D eigenvalue weighted by atomic mass is 9.90. The van der Waals surface area contributed by atoms with Crippen molar-refractivity contribution in [3.63, 3.8) is 0 Å². The van der Waals surface area contributed by atoms with Crippen LogP contribution in [-0.2, 0) is 34.9 Å². The molecule has 2 unspecified atom stereocenters. The minimum Gasteiger partial charge on any atom is -0.496 e. The molecule has 4 rings (SSSR count). The minimum atomic E-state index is -1.41. The van der Waals surface area contributed by atoms with E-state index in [2.05, 4.69) is 22.2 Å². The van der Waals surface area contributed by atoms with Crippen LogP contribution in [0.5, 0.6) is 5.75 Å². The summed E-state index contributed by atoms with van der Waals surface area (Å²) in [7, 11) is 1.43. The highest BCUT2D eigenvalue weighted by atomic mass is 16.8. The molecule has 1 heterocycles. The first kappa shape index (κ1) is 44.1. The molecule has 58 heavy (non-hydrogen) atoms. The molecule has 16 nitrogen and oxygen atoms in total. The summed E-state index contributed by atoms with van der Waals surface area (Å²) in [5.41, 5.74) is 1.39. The van der Waals surface area contributed by atoms with Gasteiger partial charge in [0.15, 0.2) is 11.5 Å². The van der Waals surface area contributed by atoms with Gasteiger partial charge < -0.3 is 33.7 Å². The van der Waals surface area contributed by atoms with Gasteiger partial charge in [-0.15, -0.1) is 0 Å². The van der Waals surface area contributed by atoms with Crippen molar-refractivity contribution in [2.24, 2.45) is 11.8 Å². The van der Waals surface area contributed by atoms with E-state index in [4.69, 9.17) is 33.8 Å². The van der Waals surface area contributed by atoms with Crippen LogP contribution in [0.25, 0.3) is 17.2 Å². The van der Waals surface area contributed by atoms with Gasteiger partial charge in [-0.3, -0.25) is 25.1 Å². The van der Waals surface area contributed by atoms with Gasteiger partial charge in [0.05, 0.1) is 19.1 Å². The van der Waals surface area contributed by atoms with Gasteiger partial charge in [-0.25, -0.2) is 19.4 Å². The highest BCUT2D eigenvalue weighted by molar-refractivity contribution is 6.08. The van der Waals surface area contributed by atoms with Gasteiger partial charge in [0, 0.05) is 49.1 Å². The van der Waals surface area contributed by atoms with E-state index in [1.807, 2.05) is 0 Å². The van der Waals surface area contributed by atoms with Gasteiger partial charge in [0.25, 0.3) is 5.91 Å². The van der Waals surface area contributed by atoms with Crippen molar-refractivity contribution in [3.8, 4) is 16.9 Å². The summed E-state index contributed by atoms with van der Waals surface area (Å²) in [5, 5.41) is 13.4. The van der Waals surface area contributed by atoms with Crippen molar-refractivity contribution < 1.29 is 57.2 Å². The van der Waals surface area contributed by atoms with Crippen LogP contribution in [0.15, 0.2) is 55.1 Å². The van der Waals surface area contributed by atoms with Crippen LogP contribution in [0.1, 0.15) is 102 Å². The fourth-order valence-electron chi connectivity index (χ4n) is 5.33. The fraction of sp³-hybridized carbons (Fsp3) is 0.381. The van der Waals surface area contributed by atoms with Gasteiger partial charge >= 0.3 is 24.2 Å². The maximum atomic E-state index is 14.2. The molecular formula is C42H48N4O12. The second kappa shape index (κ2) is 20.0. The molecule has 0 bridgehead atoms. The van der Waals surface area contributed by atoms with Crippen molar-refractivity contribution in [2.45, 2.75) is 79.5 Å². The first-order valence-electron chi connectivity index (χ1n) is 18.6. The Bertz CT molecular complexity index is 2060. The summed E-state index contributed by atoms with van der Waals surface area (Å²) in [5.74, 6) is -2.53. The number of aromatic nitrogens is 1. The lowest BCUT2D eigenvalue weighted by Crippen LogP contribution is -2.35. The molecule has 3 N–H and O–H groups in total. The van der Waals surface area contributed by atoms with Gasteiger partial charge in [-0.1, -0.05) is 50.8 Å². The molecule has 308 valence electrons. The van der Waals surface area contributed by atoms with Crippen molar-refractivity contribution in [3.05, 3.63) is 88.8 Å². The Labute approximate surface area is 336 Å². The summed E-state index contributed by atoms with van der Waals surface area (Å²) >= 11 is 0. The van der Waals surface area contributed by atoms with Crippen LogP contribution in [0.2, 0.25) is 0 Å². The van der Waals surface area contributed by atoms with E-state index in [1.165, 1.54) is 51.3 Å². The topological polar surface area (TPSA) is 219 Å². The number of rotatable bonds is 17. The Morgan fingerprint density at radius 1 is 0.862 bits per heavy atom. The number of benzene rings is 2. The standard InChI is InChI=1S/C42H48N4O12/c1-9-28-19-32(34(47)18-26-12-14-29(15-13-26)37(43)46-41(51)57-24(6)55-39(49)22(2)3)31(20-35(28)53-8)30-16-17-33(38(48)44-21-27-10-11-27)45-36(30)40(50)56-25(7)58-42(52)54-23(4)5/h9,12-17,19-20,22-25,27H,1,10-11,18,21H2,2-8H3,(H,44,48)(H2,43,46,51). The van der Waals surface area contributed by atoms with E-state index >= 15 is 0 Å². The van der Waals surface area contributed by atoms with E-state index in [9.17, 15) is 28.8 Å². The number of methoxy groups -OCH3 is 1. The third kappa shape index (κ3) is 12.5. The van der Waals surface area contributed by atoms with Gasteiger partial charge in [0.1, 0.15) is 17.3 Å². The van der Waals surface area contributed by atoms with Crippen LogP contribution in [-0.4, -0.2) is 79.0 Å². The first-order chi connectivity index (χ1) is 27.5. The zero-order chi connectivity index (χ0) is 42.7. The molecule has 1 aliphatic carbocycles. The number of ketones is 1. The molecule has 1 saturated carbocycles. The molecule has 0 spiro atoms. The normalized spacial score (nSPS) is 13.1. The molecule has 1 fully saturated rings. The highest BCUT2D eigenvalue weighted by Gasteiger charge is 2.28. The number of esters is 2. The Balaban J connectivity index is 1.63. The lowest BCUT2D eigenvalue weighted by molar-refractivity contribution is -0.168. The van der Waals surface area contributed by atoms with Crippen LogP contribution >= 0.6 is 0 Å². The SMILES string of the molecule is C=Cc1cc(C(=O)Cc2ccc(C(=N)NC(=O)OC(C)OC(=O)C(C)C)cc2)c(-c2ccc(C(=O)NCC3CC3)nc2C(=O)OC(C)OC(=O)OC(C)C)cc1OC. The number of nitrogens with one attached hydrogen (secondary N) is 3. The molecule has 2 amide bonds. The Morgan fingerprint density at radius 2 is 1.53 bits per heavy atom. The second-order valence-electron chi connectivity index (χ2n) is 14.0. The van der Waals surface area contributed by atoms with Crippen molar-refractivity contribution in [2.75, 3.05) is 13.7 Å². The smallest absolute Gasteiger partial charge is 0.496 e. The number of amides is 2. The van der Waals surface area contributed by atoms with Crippen molar-refractivity contribution in [1.29, 1.82) is 5.41 Å². The number of alkyl carbamates (subject to hydrolysis) is 1. The number of Topliss-reactive ketones (excluding diaryl/α,β-unsaturated/α-hetero) is 1. The Kier molecular flexibility index (Phi) is 15.2. The molecule has 0 aliphatic heterocycles.